The number of carbonyl (C=O) groups is 1. The molecule has 0 saturated carbocycles. The van der Waals surface area contributed by atoms with E-state index in [1.807, 2.05) is 5.38 Å². The Morgan fingerprint density at radius 3 is 2.94 bits per heavy atom. The van der Waals surface area contributed by atoms with Gasteiger partial charge >= 0.3 is 5.97 Å². The van der Waals surface area contributed by atoms with Gasteiger partial charge in [0, 0.05) is 11.6 Å². The highest BCUT2D eigenvalue weighted by molar-refractivity contribution is 7.09. The minimum atomic E-state index is -0.423. The van der Waals surface area contributed by atoms with E-state index < -0.39 is 5.97 Å². The number of thiazole rings is 1. The van der Waals surface area contributed by atoms with E-state index in [1.54, 1.807) is 18.3 Å². The molecule has 1 aromatic carbocycles. The molecule has 2 N–H and O–H groups in total. The summed E-state index contributed by atoms with van der Waals surface area (Å²) in [5.41, 5.74) is 6.60. The van der Waals surface area contributed by atoms with E-state index in [0.717, 1.165) is 5.01 Å². The first kappa shape index (κ1) is 12.4. The van der Waals surface area contributed by atoms with Gasteiger partial charge in [-0.15, -0.1) is 11.3 Å². The van der Waals surface area contributed by atoms with E-state index in [9.17, 15) is 4.79 Å². The van der Waals surface area contributed by atoms with Crippen LogP contribution in [0.2, 0.25) is 0 Å². The molecule has 0 saturated heterocycles. The Balaban J connectivity index is 2.08. The molecule has 2 rings (SSSR count). The highest BCUT2D eigenvalue weighted by Crippen LogP contribution is 2.24. The van der Waals surface area contributed by atoms with Crippen LogP contribution in [0.15, 0.2) is 29.8 Å². The van der Waals surface area contributed by atoms with Crippen molar-refractivity contribution in [3.05, 3.63) is 40.3 Å². The molecule has 0 amide bonds. The van der Waals surface area contributed by atoms with Crippen LogP contribution in [-0.2, 0) is 11.3 Å². The lowest BCUT2D eigenvalue weighted by Gasteiger charge is -2.08. The maximum absolute atomic E-state index is 11.3. The molecule has 0 aliphatic rings. The first-order valence-corrected chi connectivity index (χ1v) is 6.07. The standard InChI is InChI=1S/C12H12N2O3S/c1-16-12(15)8-2-3-10(9(13)6-8)17-7-11-14-4-5-18-11/h2-6H,7,13H2,1H3. The maximum Gasteiger partial charge on any atom is 0.337 e. The van der Waals surface area contributed by atoms with E-state index in [4.69, 9.17) is 10.5 Å². The molecule has 0 aliphatic heterocycles. The van der Waals surface area contributed by atoms with Gasteiger partial charge in [-0.05, 0) is 18.2 Å². The van der Waals surface area contributed by atoms with Crippen LogP contribution >= 0.6 is 11.3 Å². The minimum Gasteiger partial charge on any atom is -0.484 e. The molecular formula is C12H12N2O3S. The third-order valence-corrected chi connectivity index (χ3v) is 3.02. The first-order chi connectivity index (χ1) is 8.70. The predicted molar refractivity (Wildman–Crippen MR) is 68.6 cm³/mol. The fraction of sp³-hybridized carbons (Fsp3) is 0.167. The number of esters is 1. The fourth-order valence-corrected chi connectivity index (χ4v) is 1.92. The van der Waals surface area contributed by atoms with E-state index in [0.29, 0.717) is 23.6 Å². The summed E-state index contributed by atoms with van der Waals surface area (Å²) in [4.78, 5) is 15.4. The zero-order valence-corrected chi connectivity index (χ0v) is 10.6. The summed E-state index contributed by atoms with van der Waals surface area (Å²) in [7, 11) is 1.32. The summed E-state index contributed by atoms with van der Waals surface area (Å²) in [6.07, 6.45) is 1.72. The van der Waals surface area contributed by atoms with Gasteiger partial charge in [-0.2, -0.15) is 0 Å². The minimum absolute atomic E-state index is 0.361. The number of nitrogens with two attached hydrogens (primary N) is 1. The molecule has 0 bridgehead atoms. The highest BCUT2D eigenvalue weighted by Gasteiger charge is 2.09. The second kappa shape index (κ2) is 5.50. The molecule has 0 unspecified atom stereocenters. The first-order valence-electron chi connectivity index (χ1n) is 5.19. The van der Waals surface area contributed by atoms with Gasteiger partial charge in [0.05, 0.1) is 18.4 Å². The predicted octanol–water partition coefficient (Wildman–Crippen LogP) is 2.09. The molecule has 1 aromatic heterocycles. The lowest BCUT2D eigenvalue weighted by Crippen LogP contribution is -2.04. The maximum atomic E-state index is 11.3. The Bertz CT molecular complexity index is 540. The fourth-order valence-electron chi connectivity index (χ4n) is 1.39. The van der Waals surface area contributed by atoms with Gasteiger partial charge in [0.2, 0.25) is 0 Å². The topological polar surface area (TPSA) is 74.4 Å². The van der Waals surface area contributed by atoms with Crippen molar-refractivity contribution in [2.24, 2.45) is 0 Å². The van der Waals surface area contributed by atoms with Crippen molar-refractivity contribution in [3.8, 4) is 5.75 Å². The van der Waals surface area contributed by atoms with Crippen LogP contribution in [0.3, 0.4) is 0 Å². The Morgan fingerprint density at radius 1 is 1.50 bits per heavy atom. The largest absolute Gasteiger partial charge is 0.484 e. The molecule has 0 aliphatic carbocycles. The molecule has 94 valence electrons. The number of rotatable bonds is 4. The number of hydrogen-bond acceptors (Lipinski definition) is 6. The third-order valence-electron chi connectivity index (χ3n) is 2.27. The SMILES string of the molecule is COC(=O)c1ccc(OCc2nccs2)c(N)c1. The monoisotopic (exact) mass is 264 g/mol. The molecule has 0 radical (unpaired) electrons. The van der Waals surface area contributed by atoms with Gasteiger partial charge in [-0.3, -0.25) is 0 Å². The van der Waals surface area contributed by atoms with Crippen LogP contribution in [0.4, 0.5) is 5.69 Å². The van der Waals surface area contributed by atoms with Gasteiger partial charge in [0.25, 0.3) is 0 Å². The van der Waals surface area contributed by atoms with E-state index in [1.165, 1.54) is 24.5 Å². The van der Waals surface area contributed by atoms with Crippen LogP contribution in [0.25, 0.3) is 0 Å². The number of hydrogen-bond donors (Lipinski definition) is 1. The number of nitrogens with zero attached hydrogens (tertiary/aromatic N) is 1. The lowest BCUT2D eigenvalue weighted by molar-refractivity contribution is 0.0601. The molecule has 6 heteroatoms. The number of ether oxygens (including phenoxy) is 2. The Kier molecular flexibility index (Phi) is 3.78. The molecule has 5 nitrogen and oxygen atoms in total. The number of anilines is 1. The highest BCUT2D eigenvalue weighted by atomic mass is 32.1. The van der Waals surface area contributed by atoms with E-state index >= 15 is 0 Å². The summed E-state index contributed by atoms with van der Waals surface area (Å²) in [5, 5.41) is 2.74. The summed E-state index contributed by atoms with van der Waals surface area (Å²) < 4.78 is 10.1. The van der Waals surface area contributed by atoms with Crippen molar-refractivity contribution in [1.82, 2.24) is 4.98 Å². The smallest absolute Gasteiger partial charge is 0.337 e. The Labute approximate surface area is 108 Å². The summed E-state index contributed by atoms with van der Waals surface area (Å²) in [6, 6.07) is 4.79. The molecule has 0 spiro atoms. The second-order valence-electron chi connectivity index (χ2n) is 3.46. The molecule has 2 aromatic rings. The average molecular weight is 264 g/mol. The summed E-state index contributed by atoms with van der Waals surface area (Å²) >= 11 is 1.51. The second-order valence-corrected chi connectivity index (χ2v) is 4.44. The van der Waals surface area contributed by atoms with Crippen LogP contribution in [-0.4, -0.2) is 18.1 Å². The number of methoxy groups -OCH3 is 1. The van der Waals surface area contributed by atoms with Gasteiger partial charge < -0.3 is 15.2 Å². The average Bonchev–Trinajstić information content (AvgIpc) is 2.89. The van der Waals surface area contributed by atoms with E-state index in [2.05, 4.69) is 9.72 Å². The van der Waals surface area contributed by atoms with Gasteiger partial charge in [0.15, 0.2) is 0 Å². The summed E-state index contributed by atoms with van der Waals surface area (Å²) in [6.45, 7) is 0.361. The van der Waals surface area contributed by atoms with Crippen LogP contribution in [0.1, 0.15) is 15.4 Å². The molecular weight excluding hydrogens is 252 g/mol. The number of aromatic nitrogens is 1. The zero-order chi connectivity index (χ0) is 13.0. The van der Waals surface area contributed by atoms with Crippen molar-refractivity contribution in [3.63, 3.8) is 0 Å². The lowest BCUT2D eigenvalue weighted by atomic mass is 10.2. The molecule has 0 atom stereocenters. The normalized spacial score (nSPS) is 10.1. The number of carbonyl (C=O) groups excluding carboxylic acids is 1. The van der Waals surface area contributed by atoms with Crippen LogP contribution < -0.4 is 10.5 Å². The number of benzene rings is 1. The summed E-state index contributed by atoms with van der Waals surface area (Å²) in [5.74, 6) is 0.103. The van der Waals surface area contributed by atoms with Crippen molar-refractivity contribution in [1.29, 1.82) is 0 Å². The molecule has 18 heavy (non-hydrogen) atoms. The number of nitrogen functional groups attached to an aromatic ring is 1. The quantitative estimate of drug-likeness (QED) is 0.676. The molecule has 0 fully saturated rings. The van der Waals surface area contributed by atoms with E-state index in [-0.39, 0.29) is 0 Å². The zero-order valence-electron chi connectivity index (χ0n) is 9.75. The van der Waals surface area contributed by atoms with Crippen molar-refractivity contribution in [2.45, 2.75) is 6.61 Å². The van der Waals surface area contributed by atoms with Crippen LogP contribution in [0, 0.1) is 0 Å². The van der Waals surface area contributed by atoms with Crippen molar-refractivity contribution in [2.75, 3.05) is 12.8 Å². The molecule has 1 heterocycles. The Morgan fingerprint density at radius 2 is 2.33 bits per heavy atom. The van der Waals surface area contributed by atoms with Gasteiger partial charge in [0.1, 0.15) is 17.4 Å². The third kappa shape index (κ3) is 2.78. The van der Waals surface area contributed by atoms with Gasteiger partial charge in [-0.25, -0.2) is 9.78 Å². The van der Waals surface area contributed by atoms with Crippen molar-refractivity contribution < 1.29 is 14.3 Å². The van der Waals surface area contributed by atoms with Gasteiger partial charge in [-0.1, -0.05) is 0 Å². The Hall–Kier alpha value is -2.08. The van der Waals surface area contributed by atoms with Crippen LogP contribution in [0.5, 0.6) is 5.75 Å². The van der Waals surface area contributed by atoms with Crippen molar-refractivity contribution >= 4 is 23.0 Å².